The molecule has 4 heteroatoms. The third-order valence-corrected chi connectivity index (χ3v) is 5.15. The van der Waals surface area contributed by atoms with Crippen LogP contribution in [0.4, 0.5) is 0 Å². The minimum Gasteiger partial charge on any atom is -0.382 e. The Morgan fingerprint density at radius 3 is 2.53 bits per heavy atom. The highest BCUT2D eigenvalue weighted by Gasteiger charge is 2.22. The average Bonchev–Trinajstić information content (AvgIpc) is 2.17. The molecule has 0 aliphatic rings. The van der Waals surface area contributed by atoms with Crippen LogP contribution < -0.4 is 5.73 Å². The van der Waals surface area contributed by atoms with Gasteiger partial charge in [-0.1, -0.05) is 25.7 Å². The molecule has 1 aromatic rings. The summed E-state index contributed by atoms with van der Waals surface area (Å²) < 4.78 is 0. The zero-order valence-electron chi connectivity index (χ0n) is 9.86. The van der Waals surface area contributed by atoms with E-state index in [9.17, 15) is 0 Å². The summed E-state index contributed by atoms with van der Waals surface area (Å²) in [5.74, 6) is 0.547. The molecule has 0 fully saturated rings. The number of aromatic nitrogens is 1. The molecule has 0 aromatic carbocycles. The molecule has 0 amide bonds. The maximum atomic E-state index is 5.90. The van der Waals surface area contributed by atoms with Crippen molar-refractivity contribution in [3.8, 4) is 0 Å². The quantitative estimate of drug-likeness (QED) is 0.482. The first-order valence-electron chi connectivity index (χ1n) is 5.16. The van der Waals surface area contributed by atoms with Crippen molar-refractivity contribution in [1.29, 1.82) is 0 Å². The van der Waals surface area contributed by atoms with Crippen LogP contribution in [0.2, 0.25) is 19.6 Å². The Morgan fingerprint density at radius 2 is 2.07 bits per heavy atom. The molecule has 15 heavy (non-hydrogen) atoms. The van der Waals surface area contributed by atoms with Gasteiger partial charge >= 0.3 is 0 Å². The van der Waals surface area contributed by atoms with Crippen LogP contribution in [0.1, 0.15) is 12.6 Å². The summed E-state index contributed by atoms with van der Waals surface area (Å²) in [6.45, 7) is 8.98. The molecule has 1 aromatic heterocycles. The molecular weight excluding hydrogens is 202 g/mol. The van der Waals surface area contributed by atoms with Gasteiger partial charge in [0, 0.05) is 11.9 Å². The first-order valence-corrected chi connectivity index (χ1v) is 8.73. The van der Waals surface area contributed by atoms with Crippen molar-refractivity contribution in [2.75, 3.05) is 0 Å². The van der Waals surface area contributed by atoms with E-state index in [1.807, 2.05) is 18.2 Å². The normalized spacial score (nSPS) is 15.1. The van der Waals surface area contributed by atoms with Crippen LogP contribution in [-0.2, 0) is 0 Å². The molecule has 1 rings (SSSR count). The largest absolute Gasteiger partial charge is 0.382 e. The Labute approximate surface area is 92.5 Å². The van der Waals surface area contributed by atoms with E-state index in [0.29, 0.717) is 11.5 Å². The number of hydrogen-bond acceptors (Lipinski definition) is 2. The summed E-state index contributed by atoms with van der Waals surface area (Å²) in [4.78, 5) is 8.69. The van der Waals surface area contributed by atoms with Gasteiger partial charge in [0.2, 0.25) is 0 Å². The highest BCUT2D eigenvalue weighted by molar-refractivity contribution is 6.77. The molecule has 1 unspecified atom stereocenters. The van der Waals surface area contributed by atoms with Crippen molar-refractivity contribution in [2.45, 2.75) is 32.2 Å². The lowest BCUT2D eigenvalue weighted by Gasteiger charge is -2.21. The van der Waals surface area contributed by atoms with Gasteiger partial charge in [-0.15, -0.1) is 0 Å². The molecule has 3 nitrogen and oxygen atoms in total. The van der Waals surface area contributed by atoms with Crippen molar-refractivity contribution >= 4 is 13.9 Å². The summed E-state index contributed by atoms with van der Waals surface area (Å²) in [5.41, 5.74) is 6.99. The number of rotatable bonds is 3. The van der Waals surface area contributed by atoms with Gasteiger partial charge < -0.3 is 5.73 Å². The summed E-state index contributed by atoms with van der Waals surface area (Å²) in [7, 11) is -1.25. The zero-order valence-corrected chi connectivity index (χ0v) is 10.9. The molecule has 1 heterocycles. The molecule has 0 aliphatic carbocycles. The molecule has 1 atom stereocenters. The van der Waals surface area contributed by atoms with Crippen LogP contribution in [0, 0.1) is 0 Å². The minimum absolute atomic E-state index is 0.319. The van der Waals surface area contributed by atoms with Crippen LogP contribution in [0.25, 0.3) is 0 Å². The predicted octanol–water partition coefficient (Wildman–Crippen LogP) is 2.05. The number of pyridine rings is 1. The van der Waals surface area contributed by atoms with E-state index in [4.69, 9.17) is 5.73 Å². The second-order valence-corrected chi connectivity index (χ2v) is 10.3. The number of amidine groups is 1. The van der Waals surface area contributed by atoms with E-state index >= 15 is 0 Å². The summed E-state index contributed by atoms with van der Waals surface area (Å²) in [5, 5.41) is 0. The van der Waals surface area contributed by atoms with Gasteiger partial charge in [0.05, 0.1) is 8.07 Å². The molecular formula is C11H19N3Si. The van der Waals surface area contributed by atoms with Crippen molar-refractivity contribution in [3.05, 3.63) is 30.1 Å². The summed E-state index contributed by atoms with van der Waals surface area (Å²) >= 11 is 0. The van der Waals surface area contributed by atoms with Crippen molar-refractivity contribution in [2.24, 2.45) is 10.7 Å². The second-order valence-electron chi connectivity index (χ2n) is 4.77. The van der Waals surface area contributed by atoms with Crippen LogP contribution in [0.3, 0.4) is 0 Å². The third kappa shape index (κ3) is 3.47. The minimum atomic E-state index is -1.25. The van der Waals surface area contributed by atoms with Crippen LogP contribution in [0.15, 0.2) is 29.4 Å². The fraction of sp³-hybridized carbons (Fsp3) is 0.455. The van der Waals surface area contributed by atoms with E-state index in [-0.39, 0.29) is 0 Å². The van der Waals surface area contributed by atoms with Gasteiger partial charge in [-0.25, -0.2) is 0 Å². The zero-order chi connectivity index (χ0) is 11.5. The van der Waals surface area contributed by atoms with Gasteiger partial charge in [0.15, 0.2) is 0 Å². The Morgan fingerprint density at radius 1 is 1.40 bits per heavy atom. The number of nitrogens with zero attached hydrogens (tertiary/aromatic N) is 2. The Balaban J connectivity index is 2.86. The summed E-state index contributed by atoms with van der Waals surface area (Å²) in [6.07, 6.45) is 1.73. The van der Waals surface area contributed by atoms with Crippen LogP contribution in [-0.4, -0.2) is 24.6 Å². The van der Waals surface area contributed by atoms with Gasteiger partial charge in [-0.2, -0.15) is 0 Å². The van der Waals surface area contributed by atoms with Gasteiger partial charge in [0.1, 0.15) is 11.5 Å². The van der Waals surface area contributed by atoms with Gasteiger partial charge in [0.25, 0.3) is 0 Å². The standard InChI is InChI=1S/C11H19N3Si/c1-9(15(2,3)4)14-11(12)10-7-5-6-8-13-10/h5-9H,1-4H3,(H2,12,14). The van der Waals surface area contributed by atoms with E-state index in [2.05, 4.69) is 36.5 Å². The molecule has 0 spiro atoms. The molecule has 0 saturated carbocycles. The Bertz CT molecular complexity index is 341. The fourth-order valence-corrected chi connectivity index (χ4v) is 1.51. The summed E-state index contributed by atoms with van der Waals surface area (Å²) in [6, 6.07) is 5.68. The lowest BCUT2D eigenvalue weighted by molar-refractivity contribution is 0.966. The van der Waals surface area contributed by atoms with E-state index < -0.39 is 8.07 Å². The maximum absolute atomic E-state index is 5.90. The lowest BCUT2D eigenvalue weighted by atomic mass is 10.3. The Hall–Kier alpha value is -1.16. The first-order chi connectivity index (χ1) is 6.91. The first kappa shape index (κ1) is 11.9. The molecule has 0 aliphatic heterocycles. The second kappa shape index (κ2) is 4.57. The van der Waals surface area contributed by atoms with Crippen molar-refractivity contribution in [3.63, 3.8) is 0 Å². The third-order valence-electron chi connectivity index (χ3n) is 2.51. The lowest BCUT2D eigenvalue weighted by Crippen LogP contribution is -2.36. The molecule has 0 radical (unpaired) electrons. The van der Waals surface area contributed by atoms with Crippen molar-refractivity contribution < 1.29 is 0 Å². The molecule has 82 valence electrons. The average molecular weight is 221 g/mol. The van der Waals surface area contributed by atoms with Crippen LogP contribution >= 0.6 is 0 Å². The Kier molecular flexibility index (Phi) is 3.63. The number of hydrogen-bond donors (Lipinski definition) is 1. The monoisotopic (exact) mass is 221 g/mol. The highest BCUT2D eigenvalue weighted by Crippen LogP contribution is 2.11. The maximum Gasteiger partial charge on any atom is 0.144 e. The van der Waals surface area contributed by atoms with E-state index in [1.165, 1.54) is 0 Å². The van der Waals surface area contributed by atoms with Gasteiger partial charge in [-0.05, 0) is 19.1 Å². The molecule has 2 N–H and O–H groups in total. The highest BCUT2D eigenvalue weighted by atomic mass is 28.3. The van der Waals surface area contributed by atoms with Crippen LogP contribution in [0.5, 0.6) is 0 Å². The van der Waals surface area contributed by atoms with Crippen molar-refractivity contribution in [1.82, 2.24) is 4.98 Å². The number of nitrogens with two attached hydrogens (primary N) is 1. The van der Waals surface area contributed by atoms with E-state index in [0.717, 1.165) is 5.69 Å². The predicted molar refractivity (Wildman–Crippen MR) is 67.8 cm³/mol. The van der Waals surface area contributed by atoms with Gasteiger partial charge in [-0.3, -0.25) is 9.98 Å². The SMILES string of the molecule is CC(N=C(N)c1ccccn1)[Si](C)(C)C. The molecule has 0 bridgehead atoms. The molecule has 0 saturated heterocycles. The smallest absolute Gasteiger partial charge is 0.144 e. The topological polar surface area (TPSA) is 51.3 Å². The number of aliphatic imine (C=N–C) groups is 1. The van der Waals surface area contributed by atoms with E-state index in [1.54, 1.807) is 6.20 Å². The fourth-order valence-electron chi connectivity index (χ4n) is 0.983.